The minimum Gasteiger partial charge on any atom is -0.312 e. The lowest BCUT2D eigenvalue weighted by Gasteiger charge is -2.35. The fourth-order valence-electron chi connectivity index (χ4n) is 3.89. The van der Waals surface area contributed by atoms with Crippen LogP contribution < -0.4 is 4.90 Å². The van der Waals surface area contributed by atoms with Crippen molar-refractivity contribution in [1.82, 2.24) is 0 Å². The third-order valence-electron chi connectivity index (χ3n) is 4.86. The Morgan fingerprint density at radius 3 is 3.00 bits per heavy atom. The van der Waals surface area contributed by atoms with Crippen LogP contribution in [-0.2, 0) is 6.42 Å². The second-order valence-corrected chi connectivity index (χ2v) is 7.12. The Morgan fingerprint density at radius 1 is 1.26 bits per heavy atom. The summed E-state index contributed by atoms with van der Waals surface area (Å²) in [6.07, 6.45) is 1.06. The molecule has 2 aromatic carbocycles. The number of hydrogen-bond donors (Lipinski definition) is 0. The molecule has 0 aromatic heterocycles. The van der Waals surface area contributed by atoms with Crippen molar-refractivity contribution in [2.45, 2.75) is 17.4 Å². The summed E-state index contributed by atoms with van der Waals surface area (Å²) < 4.78 is 0. The molecule has 2 atom stereocenters. The molecule has 0 N–H and O–H groups in total. The Labute approximate surface area is 137 Å². The molecular formula is C17H13N3O2S. The van der Waals surface area contributed by atoms with Crippen LogP contribution in [0, 0.1) is 16.0 Å². The van der Waals surface area contributed by atoms with Gasteiger partial charge >= 0.3 is 0 Å². The largest absolute Gasteiger partial charge is 0.312 e. The van der Waals surface area contributed by atoms with Crippen molar-refractivity contribution in [3.63, 3.8) is 0 Å². The minimum atomic E-state index is -0.340. The van der Waals surface area contributed by atoms with Gasteiger partial charge in [-0.15, -0.1) is 0 Å². The highest BCUT2D eigenvalue weighted by Gasteiger charge is 2.44. The number of rotatable bonds is 1. The molecule has 0 fully saturated rings. The molecule has 0 bridgehead atoms. The number of amidine groups is 1. The number of nitro benzene ring substituents is 1. The third-order valence-corrected chi connectivity index (χ3v) is 5.92. The molecule has 0 radical (unpaired) electrons. The first-order chi connectivity index (χ1) is 11.2. The van der Waals surface area contributed by atoms with Gasteiger partial charge in [-0.2, -0.15) is 0 Å². The lowest BCUT2D eigenvalue weighted by atomic mass is 9.97. The van der Waals surface area contributed by atoms with Gasteiger partial charge in [0.05, 0.1) is 16.7 Å². The van der Waals surface area contributed by atoms with Crippen LogP contribution in [0.1, 0.15) is 17.2 Å². The molecule has 6 heteroatoms. The second kappa shape index (κ2) is 4.58. The zero-order valence-corrected chi connectivity index (χ0v) is 13.0. The zero-order chi connectivity index (χ0) is 15.6. The van der Waals surface area contributed by atoms with E-state index in [0.717, 1.165) is 28.7 Å². The first-order valence-corrected chi connectivity index (χ1v) is 8.42. The molecule has 3 aliphatic rings. The summed E-state index contributed by atoms with van der Waals surface area (Å²) in [4.78, 5) is 18.6. The van der Waals surface area contributed by atoms with Crippen molar-refractivity contribution < 1.29 is 4.92 Å². The fraction of sp³-hybridized carbons (Fsp3) is 0.235. The molecular weight excluding hydrogens is 310 g/mol. The summed E-state index contributed by atoms with van der Waals surface area (Å²) in [5.41, 5.74) is 3.96. The Bertz CT molecular complexity index is 880. The molecule has 2 aromatic rings. The van der Waals surface area contributed by atoms with E-state index in [9.17, 15) is 10.1 Å². The Hall–Kier alpha value is -2.34. The monoisotopic (exact) mass is 323 g/mol. The number of thioether (sulfide) groups is 1. The summed E-state index contributed by atoms with van der Waals surface area (Å²) in [6, 6.07) is 14.0. The number of benzene rings is 2. The first kappa shape index (κ1) is 13.1. The smallest absolute Gasteiger partial charge is 0.270 e. The van der Waals surface area contributed by atoms with Crippen LogP contribution in [0.15, 0.2) is 52.4 Å². The predicted molar refractivity (Wildman–Crippen MR) is 90.1 cm³/mol. The van der Waals surface area contributed by atoms with Crippen molar-refractivity contribution in [2.24, 2.45) is 10.9 Å². The SMILES string of the molecule is O=[N+]([O-])c1ccc2c(c1)SC1=NC[C@@H]3Cc4ccccc4[C@@H]3N12. The summed E-state index contributed by atoms with van der Waals surface area (Å²) >= 11 is 1.55. The molecule has 0 saturated heterocycles. The summed E-state index contributed by atoms with van der Waals surface area (Å²) in [6.45, 7) is 0.828. The van der Waals surface area contributed by atoms with Crippen molar-refractivity contribution in [1.29, 1.82) is 0 Å². The maximum atomic E-state index is 11.0. The van der Waals surface area contributed by atoms with Gasteiger partial charge in [0.25, 0.3) is 5.69 Å². The van der Waals surface area contributed by atoms with Crippen molar-refractivity contribution in [3.05, 3.63) is 63.7 Å². The maximum Gasteiger partial charge on any atom is 0.270 e. The fourth-order valence-corrected chi connectivity index (χ4v) is 4.99. The van der Waals surface area contributed by atoms with Gasteiger partial charge < -0.3 is 4.90 Å². The predicted octanol–water partition coefficient (Wildman–Crippen LogP) is 3.79. The molecule has 0 unspecified atom stereocenters. The van der Waals surface area contributed by atoms with Crippen LogP contribution in [0.25, 0.3) is 0 Å². The number of nitro groups is 1. The Morgan fingerprint density at radius 2 is 2.13 bits per heavy atom. The number of anilines is 1. The maximum absolute atomic E-state index is 11.0. The summed E-state index contributed by atoms with van der Waals surface area (Å²) in [7, 11) is 0. The van der Waals surface area contributed by atoms with E-state index in [-0.39, 0.29) is 10.6 Å². The quantitative estimate of drug-likeness (QED) is 0.592. The van der Waals surface area contributed by atoms with Gasteiger partial charge in [-0.25, -0.2) is 0 Å². The molecule has 0 saturated carbocycles. The number of hydrogen-bond acceptors (Lipinski definition) is 5. The standard InChI is InChI=1S/C17H13N3O2S/c21-20(22)12-5-6-14-15(8-12)23-17-18-9-11-7-10-3-1-2-4-13(10)16(11)19(14)17/h1-6,8,11,16H,7,9H2/t11-,16+/m0/s1. The van der Waals surface area contributed by atoms with Crippen LogP contribution in [0.5, 0.6) is 0 Å². The number of non-ortho nitro benzene ring substituents is 1. The van der Waals surface area contributed by atoms with Crippen LogP contribution in [-0.4, -0.2) is 16.6 Å². The van der Waals surface area contributed by atoms with Gasteiger partial charge in [0.15, 0.2) is 5.17 Å². The highest BCUT2D eigenvalue weighted by Crippen LogP contribution is 2.52. The highest BCUT2D eigenvalue weighted by atomic mass is 32.2. The summed E-state index contributed by atoms with van der Waals surface area (Å²) in [5, 5.41) is 12.0. The molecule has 2 aliphatic heterocycles. The Kier molecular flexibility index (Phi) is 2.61. The first-order valence-electron chi connectivity index (χ1n) is 7.60. The molecule has 5 nitrogen and oxygen atoms in total. The van der Waals surface area contributed by atoms with Crippen LogP contribution in [0.2, 0.25) is 0 Å². The molecule has 114 valence electrons. The van der Waals surface area contributed by atoms with Gasteiger partial charge in [0.2, 0.25) is 0 Å². The summed E-state index contributed by atoms with van der Waals surface area (Å²) in [5.74, 6) is 0.484. The third kappa shape index (κ3) is 1.78. The lowest BCUT2D eigenvalue weighted by Crippen LogP contribution is -2.38. The van der Waals surface area contributed by atoms with Gasteiger partial charge in [-0.05, 0) is 35.4 Å². The van der Waals surface area contributed by atoms with E-state index in [0.29, 0.717) is 12.0 Å². The van der Waals surface area contributed by atoms with E-state index >= 15 is 0 Å². The molecule has 23 heavy (non-hydrogen) atoms. The number of nitrogens with zero attached hydrogens (tertiary/aromatic N) is 3. The second-order valence-electron chi connectivity index (χ2n) is 6.11. The highest BCUT2D eigenvalue weighted by molar-refractivity contribution is 8.14. The van der Waals surface area contributed by atoms with E-state index in [1.807, 2.05) is 6.07 Å². The van der Waals surface area contributed by atoms with E-state index in [1.165, 1.54) is 11.1 Å². The van der Waals surface area contributed by atoms with Crippen LogP contribution in [0.4, 0.5) is 11.4 Å². The van der Waals surface area contributed by atoms with E-state index in [1.54, 1.807) is 23.9 Å². The van der Waals surface area contributed by atoms with E-state index in [2.05, 4.69) is 29.2 Å². The van der Waals surface area contributed by atoms with Gasteiger partial charge in [0.1, 0.15) is 0 Å². The Balaban J connectivity index is 1.65. The average molecular weight is 323 g/mol. The molecule has 5 rings (SSSR count). The van der Waals surface area contributed by atoms with Crippen LogP contribution in [0.3, 0.4) is 0 Å². The number of fused-ring (bicyclic) bond motifs is 7. The molecule has 2 heterocycles. The molecule has 1 aliphatic carbocycles. The topological polar surface area (TPSA) is 58.7 Å². The molecule has 0 spiro atoms. The van der Waals surface area contributed by atoms with E-state index < -0.39 is 0 Å². The van der Waals surface area contributed by atoms with E-state index in [4.69, 9.17) is 4.99 Å². The van der Waals surface area contributed by atoms with Gasteiger partial charge in [0, 0.05) is 29.5 Å². The average Bonchev–Trinajstić information content (AvgIpc) is 3.11. The lowest BCUT2D eigenvalue weighted by molar-refractivity contribution is -0.385. The van der Waals surface area contributed by atoms with Crippen molar-refractivity contribution >= 4 is 28.3 Å². The van der Waals surface area contributed by atoms with Gasteiger partial charge in [-0.3, -0.25) is 15.1 Å². The van der Waals surface area contributed by atoms with Crippen molar-refractivity contribution in [3.8, 4) is 0 Å². The number of aliphatic imine (C=N–C) groups is 1. The molecule has 0 amide bonds. The van der Waals surface area contributed by atoms with Crippen LogP contribution >= 0.6 is 11.8 Å². The zero-order valence-electron chi connectivity index (χ0n) is 12.2. The minimum absolute atomic E-state index is 0.139. The van der Waals surface area contributed by atoms with Gasteiger partial charge in [-0.1, -0.05) is 24.3 Å². The van der Waals surface area contributed by atoms with Crippen molar-refractivity contribution in [2.75, 3.05) is 11.4 Å². The normalized spacial score (nSPS) is 23.7.